The second-order valence-electron chi connectivity index (χ2n) is 8.08. The Balaban J connectivity index is 1.46. The summed E-state index contributed by atoms with van der Waals surface area (Å²) in [6.45, 7) is 1.58. The van der Waals surface area contributed by atoms with Crippen molar-refractivity contribution in [1.82, 2.24) is 20.1 Å². The molecule has 0 spiro atoms. The maximum Gasteiger partial charge on any atom is 0.257 e. The number of carbonyl (C=O) groups excluding carboxylic acids is 2. The number of rotatable bonds is 6. The number of hydrogen-bond donors (Lipinski definition) is 3. The molecule has 8 nitrogen and oxygen atoms in total. The van der Waals surface area contributed by atoms with Crippen molar-refractivity contribution in [2.45, 2.75) is 23.9 Å². The first-order chi connectivity index (χ1) is 16.4. The van der Waals surface area contributed by atoms with Gasteiger partial charge in [0.05, 0.1) is 10.9 Å². The van der Waals surface area contributed by atoms with Gasteiger partial charge in [-0.1, -0.05) is 54.6 Å². The number of hydrogen-bond acceptors (Lipinski definition) is 4. The molecule has 2 amide bonds. The van der Waals surface area contributed by atoms with Crippen LogP contribution in [-0.2, 0) is 14.8 Å². The Bertz CT molecular complexity index is 1500. The Kier molecular flexibility index (Phi) is 5.43. The number of benzene rings is 3. The van der Waals surface area contributed by atoms with Crippen LogP contribution in [0.3, 0.4) is 0 Å². The molecule has 34 heavy (non-hydrogen) atoms. The summed E-state index contributed by atoms with van der Waals surface area (Å²) in [7, 11) is -3.96. The standard InChI is InChI=1S/C25H22N4O4S/c1-16(24(30)27-28-34(32,33)17-9-3-2-4-10-17)29-23(19-12-5-6-13-20(19)25(29)31)21-15-26-22-14-8-7-11-18(21)22/h2-16,23,26,28H,1H3,(H,27,30)/t16-,23+/m1/s1. The zero-order valence-electron chi connectivity index (χ0n) is 18.2. The van der Waals surface area contributed by atoms with Gasteiger partial charge in [-0.2, -0.15) is 0 Å². The highest BCUT2D eigenvalue weighted by atomic mass is 32.2. The topological polar surface area (TPSA) is 111 Å². The molecule has 0 aliphatic carbocycles. The zero-order valence-corrected chi connectivity index (χ0v) is 19.0. The molecule has 1 aliphatic rings. The first-order valence-corrected chi connectivity index (χ1v) is 12.2. The molecule has 1 aliphatic heterocycles. The molecule has 172 valence electrons. The third-order valence-corrected chi connectivity index (χ3v) is 7.34. The molecule has 1 aromatic heterocycles. The maximum atomic E-state index is 13.4. The molecule has 3 aromatic carbocycles. The van der Waals surface area contributed by atoms with E-state index in [2.05, 4.69) is 15.2 Å². The van der Waals surface area contributed by atoms with E-state index in [-0.39, 0.29) is 10.8 Å². The average molecular weight is 475 g/mol. The molecule has 2 atom stereocenters. The number of aromatic amines is 1. The molecule has 4 aromatic rings. The van der Waals surface area contributed by atoms with Gasteiger partial charge in [0.25, 0.3) is 21.8 Å². The SMILES string of the molecule is C[C@H](C(=O)NNS(=O)(=O)c1ccccc1)N1C(=O)c2ccccc2[C@H]1c1c[nH]c2ccccc12. The first-order valence-electron chi connectivity index (χ1n) is 10.7. The summed E-state index contributed by atoms with van der Waals surface area (Å²) in [6.07, 6.45) is 1.85. The summed E-state index contributed by atoms with van der Waals surface area (Å²) in [4.78, 5) is 33.3. The maximum absolute atomic E-state index is 13.4. The Labute approximate surface area is 196 Å². The van der Waals surface area contributed by atoms with Crippen molar-refractivity contribution in [3.63, 3.8) is 0 Å². The number of aromatic nitrogens is 1. The number of fused-ring (bicyclic) bond motifs is 2. The Morgan fingerprint density at radius 3 is 2.41 bits per heavy atom. The predicted octanol–water partition coefficient (Wildman–Crippen LogP) is 3.11. The van der Waals surface area contributed by atoms with Gasteiger partial charge in [0.15, 0.2) is 0 Å². The van der Waals surface area contributed by atoms with Gasteiger partial charge < -0.3 is 9.88 Å². The van der Waals surface area contributed by atoms with Gasteiger partial charge in [-0.3, -0.25) is 15.0 Å². The number of nitrogens with one attached hydrogen (secondary N) is 3. The summed E-state index contributed by atoms with van der Waals surface area (Å²) in [5, 5.41) is 0.944. The van der Waals surface area contributed by atoms with E-state index in [9.17, 15) is 18.0 Å². The lowest BCUT2D eigenvalue weighted by Gasteiger charge is -2.30. The Morgan fingerprint density at radius 2 is 1.62 bits per heavy atom. The fraction of sp³-hybridized carbons (Fsp3) is 0.120. The van der Waals surface area contributed by atoms with Crippen molar-refractivity contribution < 1.29 is 18.0 Å². The van der Waals surface area contributed by atoms with Crippen LogP contribution in [0.5, 0.6) is 0 Å². The highest BCUT2D eigenvalue weighted by Gasteiger charge is 2.43. The average Bonchev–Trinajstić information content (AvgIpc) is 3.41. The fourth-order valence-corrected chi connectivity index (χ4v) is 5.25. The van der Waals surface area contributed by atoms with E-state index in [1.807, 2.05) is 42.6 Å². The van der Waals surface area contributed by atoms with Crippen molar-refractivity contribution in [2.24, 2.45) is 0 Å². The molecule has 0 fully saturated rings. The number of amides is 2. The lowest BCUT2D eigenvalue weighted by Crippen LogP contribution is -2.52. The molecule has 0 bridgehead atoms. The van der Waals surface area contributed by atoms with E-state index in [0.717, 1.165) is 22.0 Å². The Hall–Kier alpha value is -3.95. The molecule has 2 heterocycles. The molecule has 0 saturated carbocycles. The molecular formula is C25H22N4O4S. The summed E-state index contributed by atoms with van der Waals surface area (Å²) in [5.74, 6) is -0.940. The second-order valence-corrected chi connectivity index (χ2v) is 9.76. The van der Waals surface area contributed by atoms with Gasteiger partial charge in [-0.25, -0.2) is 8.42 Å². The number of hydrazine groups is 1. The van der Waals surface area contributed by atoms with Gasteiger partial charge >= 0.3 is 0 Å². The third kappa shape index (κ3) is 3.64. The largest absolute Gasteiger partial charge is 0.361 e. The molecule has 5 rings (SSSR count). The second kappa shape index (κ2) is 8.44. The third-order valence-electron chi connectivity index (χ3n) is 6.07. The highest BCUT2D eigenvalue weighted by Crippen LogP contribution is 2.42. The van der Waals surface area contributed by atoms with Crippen molar-refractivity contribution in [3.8, 4) is 0 Å². The summed E-state index contributed by atoms with van der Waals surface area (Å²) in [6, 6.07) is 21.2. The van der Waals surface area contributed by atoms with Gasteiger partial charge in [0, 0.05) is 28.2 Å². The van der Waals surface area contributed by atoms with Crippen LogP contribution in [-0.4, -0.2) is 36.2 Å². The van der Waals surface area contributed by atoms with Gasteiger partial charge in [0.1, 0.15) is 6.04 Å². The van der Waals surface area contributed by atoms with E-state index in [1.54, 1.807) is 37.3 Å². The lowest BCUT2D eigenvalue weighted by atomic mass is 9.97. The summed E-state index contributed by atoms with van der Waals surface area (Å²) < 4.78 is 25.0. The molecular weight excluding hydrogens is 452 g/mol. The minimum Gasteiger partial charge on any atom is -0.361 e. The van der Waals surface area contributed by atoms with Crippen molar-refractivity contribution in [2.75, 3.05) is 0 Å². The van der Waals surface area contributed by atoms with Crippen LogP contribution in [0.25, 0.3) is 10.9 Å². The fourth-order valence-electron chi connectivity index (χ4n) is 4.38. The van der Waals surface area contributed by atoms with Gasteiger partial charge in [-0.15, -0.1) is 4.83 Å². The van der Waals surface area contributed by atoms with Crippen molar-refractivity contribution in [3.05, 3.63) is 102 Å². The molecule has 0 saturated heterocycles. The quantitative estimate of drug-likeness (QED) is 0.373. The number of nitrogens with zero attached hydrogens (tertiary/aromatic N) is 1. The van der Waals surface area contributed by atoms with E-state index in [4.69, 9.17) is 0 Å². The molecule has 0 unspecified atom stereocenters. The number of carbonyl (C=O) groups is 2. The normalized spacial score (nSPS) is 16.4. The van der Waals surface area contributed by atoms with E-state index >= 15 is 0 Å². The highest BCUT2D eigenvalue weighted by molar-refractivity contribution is 7.89. The van der Waals surface area contributed by atoms with Gasteiger partial charge in [-0.05, 0) is 36.8 Å². The van der Waals surface area contributed by atoms with Crippen LogP contribution in [0, 0.1) is 0 Å². The number of para-hydroxylation sites is 1. The molecule has 3 N–H and O–H groups in total. The van der Waals surface area contributed by atoms with Gasteiger partial charge in [0.2, 0.25) is 0 Å². The number of H-pyrrole nitrogens is 1. The monoisotopic (exact) mass is 474 g/mol. The first kappa shape index (κ1) is 21.9. The summed E-state index contributed by atoms with van der Waals surface area (Å²) >= 11 is 0. The van der Waals surface area contributed by atoms with Crippen LogP contribution in [0.2, 0.25) is 0 Å². The lowest BCUT2D eigenvalue weighted by molar-refractivity contribution is -0.126. The van der Waals surface area contributed by atoms with Crippen LogP contribution in [0.4, 0.5) is 0 Å². The smallest absolute Gasteiger partial charge is 0.257 e. The van der Waals surface area contributed by atoms with Crippen molar-refractivity contribution in [1.29, 1.82) is 0 Å². The zero-order chi connectivity index (χ0) is 23.9. The van der Waals surface area contributed by atoms with E-state index < -0.39 is 28.0 Å². The van der Waals surface area contributed by atoms with Crippen LogP contribution in [0.15, 0.2) is 90.0 Å². The van der Waals surface area contributed by atoms with Crippen LogP contribution in [0.1, 0.15) is 34.5 Å². The molecule has 0 radical (unpaired) electrons. The Morgan fingerprint density at radius 1 is 0.941 bits per heavy atom. The van der Waals surface area contributed by atoms with E-state index in [0.29, 0.717) is 5.56 Å². The summed E-state index contributed by atoms with van der Waals surface area (Å²) in [5.41, 5.74) is 5.36. The number of sulfonamides is 1. The van der Waals surface area contributed by atoms with Crippen LogP contribution < -0.4 is 10.3 Å². The van der Waals surface area contributed by atoms with E-state index in [1.165, 1.54) is 17.0 Å². The van der Waals surface area contributed by atoms with Crippen LogP contribution >= 0.6 is 0 Å². The minimum atomic E-state index is -3.96. The van der Waals surface area contributed by atoms with Crippen molar-refractivity contribution >= 4 is 32.7 Å². The minimum absolute atomic E-state index is 0.0178. The molecule has 9 heteroatoms. The predicted molar refractivity (Wildman–Crippen MR) is 127 cm³/mol.